The van der Waals surface area contributed by atoms with Crippen molar-refractivity contribution in [1.82, 2.24) is 5.32 Å². The van der Waals surface area contributed by atoms with Crippen LogP contribution in [0.25, 0.3) is 0 Å². The van der Waals surface area contributed by atoms with E-state index in [0.717, 1.165) is 42.7 Å². The second-order valence-corrected chi connectivity index (χ2v) is 5.50. The topological polar surface area (TPSA) is 47.3 Å². The average molecular weight is 315 g/mol. The van der Waals surface area contributed by atoms with Crippen LogP contribution < -0.4 is 15.8 Å². The van der Waals surface area contributed by atoms with Gasteiger partial charge < -0.3 is 15.8 Å². The standard InChI is InChI=1S/C14H23BrN2O/c1-11(10-16)5-7-17-8-6-12-9-13(15)3-4-14(12)18-2/h3-4,9,11,17H,5-8,10,16H2,1-2H3. The van der Waals surface area contributed by atoms with Gasteiger partial charge in [0.25, 0.3) is 0 Å². The molecule has 0 aliphatic carbocycles. The molecule has 0 saturated heterocycles. The van der Waals surface area contributed by atoms with Crippen LogP contribution in [0, 0.1) is 5.92 Å². The van der Waals surface area contributed by atoms with Crippen molar-refractivity contribution in [1.29, 1.82) is 0 Å². The summed E-state index contributed by atoms with van der Waals surface area (Å²) in [6.07, 6.45) is 2.10. The van der Waals surface area contributed by atoms with Gasteiger partial charge in [0.2, 0.25) is 0 Å². The summed E-state index contributed by atoms with van der Waals surface area (Å²) in [5.74, 6) is 1.55. The van der Waals surface area contributed by atoms with Crippen molar-refractivity contribution in [2.24, 2.45) is 11.7 Å². The monoisotopic (exact) mass is 314 g/mol. The zero-order chi connectivity index (χ0) is 13.4. The van der Waals surface area contributed by atoms with Crippen molar-refractivity contribution < 1.29 is 4.74 Å². The minimum absolute atomic E-state index is 0.595. The summed E-state index contributed by atoms with van der Waals surface area (Å²) < 4.78 is 6.44. The molecule has 0 spiro atoms. The zero-order valence-corrected chi connectivity index (χ0v) is 12.8. The van der Waals surface area contributed by atoms with Crippen molar-refractivity contribution in [3.8, 4) is 5.75 Å². The number of hydrogen-bond acceptors (Lipinski definition) is 3. The van der Waals surface area contributed by atoms with E-state index in [0.29, 0.717) is 5.92 Å². The Morgan fingerprint density at radius 3 is 2.83 bits per heavy atom. The number of hydrogen-bond donors (Lipinski definition) is 2. The van der Waals surface area contributed by atoms with Crippen molar-refractivity contribution in [2.45, 2.75) is 19.8 Å². The highest BCUT2D eigenvalue weighted by Gasteiger charge is 2.03. The van der Waals surface area contributed by atoms with Crippen molar-refractivity contribution >= 4 is 15.9 Å². The van der Waals surface area contributed by atoms with Crippen LogP contribution in [0.3, 0.4) is 0 Å². The molecule has 0 amide bonds. The third-order valence-electron chi connectivity index (χ3n) is 3.03. The molecule has 0 aliphatic rings. The highest BCUT2D eigenvalue weighted by molar-refractivity contribution is 9.10. The predicted molar refractivity (Wildman–Crippen MR) is 80.1 cm³/mol. The molecule has 0 aliphatic heterocycles. The number of benzene rings is 1. The highest BCUT2D eigenvalue weighted by atomic mass is 79.9. The molecule has 1 atom stereocenters. The first-order chi connectivity index (χ1) is 8.67. The van der Waals surface area contributed by atoms with Crippen LogP contribution in [0.4, 0.5) is 0 Å². The normalized spacial score (nSPS) is 12.4. The van der Waals surface area contributed by atoms with Crippen molar-refractivity contribution in [3.63, 3.8) is 0 Å². The molecule has 0 heterocycles. The lowest BCUT2D eigenvalue weighted by Gasteiger charge is -2.11. The van der Waals surface area contributed by atoms with E-state index < -0.39 is 0 Å². The van der Waals surface area contributed by atoms with Crippen LogP contribution in [0.15, 0.2) is 22.7 Å². The number of nitrogens with one attached hydrogen (secondary N) is 1. The van der Waals surface area contributed by atoms with Crippen LogP contribution in [0.1, 0.15) is 18.9 Å². The van der Waals surface area contributed by atoms with Gasteiger partial charge in [0.05, 0.1) is 7.11 Å². The van der Waals surface area contributed by atoms with E-state index in [1.807, 2.05) is 12.1 Å². The Balaban J connectivity index is 2.32. The number of rotatable bonds is 8. The summed E-state index contributed by atoms with van der Waals surface area (Å²) in [5, 5.41) is 3.44. The molecule has 4 heteroatoms. The highest BCUT2D eigenvalue weighted by Crippen LogP contribution is 2.23. The molecule has 18 heavy (non-hydrogen) atoms. The van der Waals surface area contributed by atoms with Crippen LogP contribution in [-0.4, -0.2) is 26.7 Å². The summed E-state index contributed by atoms with van der Waals surface area (Å²) in [7, 11) is 1.71. The second kappa shape index (κ2) is 8.51. The molecular weight excluding hydrogens is 292 g/mol. The minimum atomic E-state index is 0.595. The Kier molecular flexibility index (Phi) is 7.32. The van der Waals surface area contributed by atoms with E-state index >= 15 is 0 Å². The second-order valence-electron chi connectivity index (χ2n) is 4.59. The lowest BCUT2D eigenvalue weighted by molar-refractivity contribution is 0.408. The van der Waals surface area contributed by atoms with Gasteiger partial charge in [-0.3, -0.25) is 0 Å². The summed E-state index contributed by atoms with van der Waals surface area (Å²) in [6, 6.07) is 6.11. The van der Waals surface area contributed by atoms with Crippen LogP contribution in [0.2, 0.25) is 0 Å². The fraction of sp³-hybridized carbons (Fsp3) is 0.571. The Morgan fingerprint density at radius 2 is 2.17 bits per heavy atom. The molecule has 1 aromatic carbocycles. The van der Waals surface area contributed by atoms with Gasteiger partial charge in [0, 0.05) is 4.47 Å². The van der Waals surface area contributed by atoms with Gasteiger partial charge >= 0.3 is 0 Å². The lowest BCUT2D eigenvalue weighted by atomic mass is 10.1. The molecule has 1 aromatic rings. The molecular formula is C14H23BrN2O. The number of methoxy groups -OCH3 is 1. The number of halogens is 1. The quantitative estimate of drug-likeness (QED) is 0.725. The Bertz CT molecular complexity index is 358. The van der Waals surface area contributed by atoms with Gasteiger partial charge in [-0.2, -0.15) is 0 Å². The molecule has 3 N–H and O–H groups in total. The van der Waals surface area contributed by atoms with E-state index in [2.05, 4.69) is 34.2 Å². The fourth-order valence-electron chi connectivity index (χ4n) is 1.76. The van der Waals surface area contributed by atoms with Gasteiger partial charge in [-0.05, 0) is 62.2 Å². The predicted octanol–water partition coefficient (Wildman–Crippen LogP) is 2.57. The smallest absolute Gasteiger partial charge is 0.122 e. The molecule has 1 rings (SSSR count). The van der Waals surface area contributed by atoms with Gasteiger partial charge in [-0.1, -0.05) is 22.9 Å². The molecule has 0 bridgehead atoms. The van der Waals surface area contributed by atoms with Crippen LogP contribution in [0.5, 0.6) is 5.75 Å². The summed E-state index contributed by atoms with van der Waals surface area (Å²) >= 11 is 3.49. The Morgan fingerprint density at radius 1 is 1.39 bits per heavy atom. The van der Waals surface area contributed by atoms with Gasteiger partial charge in [-0.25, -0.2) is 0 Å². The van der Waals surface area contributed by atoms with Crippen molar-refractivity contribution in [2.75, 3.05) is 26.7 Å². The first-order valence-electron chi connectivity index (χ1n) is 6.40. The lowest BCUT2D eigenvalue weighted by Crippen LogP contribution is -2.22. The molecule has 0 fully saturated rings. The molecule has 3 nitrogen and oxygen atoms in total. The first kappa shape index (κ1) is 15.5. The minimum Gasteiger partial charge on any atom is -0.496 e. The summed E-state index contributed by atoms with van der Waals surface area (Å²) in [4.78, 5) is 0. The molecule has 1 unspecified atom stereocenters. The molecule has 0 saturated carbocycles. The largest absolute Gasteiger partial charge is 0.496 e. The number of nitrogens with two attached hydrogens (primary N) is 1. The van der Waals surface area contributed by atoms with E-state index in [9.17, 15) is 0 Å². The fourth-order valence-corrected chi connectivity index (χ4v) is 2.17. The third kappa shape index (κ3) is 5.38. The maximum atomic E-state index is 5.58. The van der Waals surface area contributed by atoms with Crippen molar-refractivity contribution in [3.05, 3.63) is 28.2 Å². The van der Waals surface area contributed by atoms with E-state index in [-0.39, 0.29) is 0 Å². The maximum Gasteiger partial charge on any atom is 0.122 e. The molecule has 0 radical (unpaired) electrons. The number of ether oxygens (including phenoxy) is 1. The van der Waals surface area contributed by atoms with Gasteiger partial charge in [-0.15, -0.1) is 0 Å². The zero-order valence-electron chi connectivity index (χ0n) is 11.2. The van der Waals surface area contributed by atoms with Gasteiger partial charge in [0.15, 0.2) is 0 Å². The van der Waals surface area contributed by atoms with E-state index in [1.165, 1.54) is 5.56 Å². The average Bonchev–Trinajstić information content (AvgIpc) is 2.38. The van der Waals surface area contributed by atoms with Crippen LogP contribution in [-0.2, 0) is 6.42 Å². The first-order valence-corrected chi connectivity index (χ1v) is 7.20. The third-order valence-corrected chi connectivity index (χ3v) is 3.52. The van der Waals surface area contributed by atoms with Gasteiger partial charge in [0.1, 0.15) is 5.75 Å². The SMILES string of the molecule is COc1ccc(Br)cc1CCNCCC(C)CN. The molecule has 102 valence electrons. The van der Waals surface area contributed by atoms with Crippen LogP contribution >= 0.6 is 15.9 Å². The Labute approximate surface area is 118 Å². The summed E-state index contributed by atoms with van der Waals surface area (Å²) in [6.45, 7) is 4.93. The van der Waals surface area contributed by atoms with E-state index in [4.69, 9.17) is 10.5 Å². The summed E-state index contributed by atoms with van der Waals surface area (Å²) in [5.41, 5.74) is 6.81. The maximum absolute atomic E-state index is 5.58. The Hall–Kier alpha value is -0.580. The van der Waals surface area contributed by atoms with E-state index in [1.54, 1.807) is 7.11 Å². The molecule has 0 aromatic heterocycles.